The van der Waals surface area contributed by atoms with E-state index < -0.39 is 0 Å². The highest BCUT2D eigenvalue weighted by atomic mass is 16.2. The molecule has 1 aliphatic carbocycles. The SMILES string of the molecule is Cc1ccc2ncn(CC(=O)NC3CCCC(C)C3C)c(=O)c2c1. The minimum Gasteiger partial charge on any atom is -0.352 e. The monoisotopic (exact) mass is 327 g/mol. The van der Waals surface area contributed by atoms with Gasteiger partial charge in [-0.25, -0.2) is 4.98 Å². The lowest BCUT2D eigenvalue weighted by Crippen LogP contribution is -2.45. The number of benzene rings is 1. The van der Waals surface area contributed by atoms with Crippen LogP contribution in [0.25, 0.3) is 10.9 Å². The zero-order valence-corrected chi connectivity index (χ0v) is 14.6. The summed E-state index contributed by atoms with van der Waals surface area (Å²) in [5.74, 6) is 0.978. The molecule has 1 fully saturated rings. The zero-order chi connectivity index (χ0) is 17.3. The molecule has 1 amide bonds. The van der Waals surface area contributed by atoms with Crippen LogP contribution in [0.3, 0.4) is 0 Å². The van der Waals surface area contributed by atoms with E-state index in [1.807, 2.05) is 25.1 Å². The highest BCUT2D eigenvalue weighted by Gasteiger charge is 2.28. The predicted octanol–water partition coefficient (Wildman–Crippen LogP) is 2.65. The Morgan fingerprint density at radius 2 is 2.12 bits per heavy atom. The van der Waals surface area contributed by atoms with Crippen LogP contribution < -0.4 is 10.9 Å². The number of rotatable bonds is 3. The molecule has 0 bridgehead atoms. The van der Waals surface area contributed by atoms with Crippen LogP contribution in [0.2, 0.25) is 0 Å². The summed E-state index contributed by atoms with van der Waals surface area (Å²) >= 11 is 0. The smallest absolute Gasteiger partial charge is 0.261 e. The van der Waals surface area contributed by atoms with E-state index in [0.29, 0.717) is 22.7 Å². The molecule has 1 aliphatic rings. The first-order chi connectivity index (χ1) is 11.5. The maximum atomic E-state index is 12.6. The summed E-state index contributed by atoms with van der Waals surface area (Å²) in [6.07, 6.45) is 4.85. The highest BCUT2D eigenvalue weighted by Crippen LogP contribution is 2.29. The summed E-state index contributed by atoms with van der Waals surface area (Å²) in [5.41, 5.74) is 1.51. The van der Waals surface area contributed by atoms with Gasteiger partial charge in [-0.05, 0) is 37.3 Å². The number of nitrogens with one attached hydrogen (secondary N) is 1. The number of hydrogen-bond acceptors (Lipinski definition) is 3. The fraction of sp³-hybridized carbons (Fsp3) is 0.526. The van der Waals surface area contributed by atoms with Crippen molar-refractivity contribution in [1.82, 2.24) is 14.9 Å². The minimum absolute atomic E-state index is 0.0211. The van der Waals surface area contributed by atoms with E-state index in [0.717, 1.165) is 18.4 Å². The second kappa shape index (κ2) is 6.75. The summed E-state index contributed by atoms with van der Waals surface area (Å²) < 4.78 is 1.40. The lowest BCUT2D eigenvalue weighted by molar-refractivity contribution is -0.123. The van der Waals surface area contributed by atoms with Crippen molar-refractivity contribution in [3.63, 3.8) is 0 Å². The Morgan fingerprint density at radius 3 is 2.92 bits per heavy atom. The molecular weight excluding hydrogens is 302 g/mol. The largest absolute Gasteiger partial charge is 0.352 e. The predicted molar refractivity (Wildman–Crippen MR) is 94.8 cm³/mol. The molecular formula is C19H25N3O2. The van der Waals surface area contributed by atoms with Crippen molar-refractivity contribution < 1.29 is 4.79 Å². The standard InChI is InChI=1S/C19H25N3O2/c1-12-7-8-17-15(9-12)19(24)22(11-20-17)10-18(23)21-16-6-4-5-13(2)14(16)3/h7-9,11,13-14,16H,4-6,10H2,1-3H3,(H,21,23). The third-order valence-corrected chi connectivity index (χ3v) is 5.35. The molecule has 1 heterocycles. The average Bonchev–Trinajstić information content (AvgIpc) is 2.55. The molecule has 3 atom stereocenters. The third-order valence-electron chi connectivity index (χ3n) is 5.35. The summed E-state index contributed by atoms with van der Waals surface area (Å²) in [4.78, 5) is 29.3. The second-order valence-corrected chi connectivity index (χ2v) is 7.14. The van der Waals surface area contributed by atoms with Gasteiger partial charge in [0.1, 0.15) is 6.54 Å². The van der Waals surface area contributed by atoms with Crippen molar-refractivity contribution in [1.29, 1.82) is 0 Å². The van der Waals surface area contributed by atoms with Gasteiger partial charge in [-0.1, -0.05) is 38.3 Å². The van der Waals surface area contributed by atoms with E-state index in [2.05, 4.69) is 24.1 Å². The molecule has 0 radical (unpaired) electrons. The topological polar surface area (TPSA) is 64.0 Å². The molecule has 2 aromatic rings. The Morgan fingerprint density at radius 1 is 1.33 bits per heavy atom. The number of hydrogen-bond donors (Lipinski definition) is 1. The molecule has 1 saturated carbocycles. The number of aromatic nitrogens is 2. The van der Waals surface area contributed by atoms with Crippen molar-refractivity contribution >= 4 is 16.8 Å². The zero-order valence-electron chi connectivity index (χ0n) is 14.6. The van der Waals surface area contributed by atoms with Crippen molar-refractivity contribution in [2.45, 2.75) is 52.6 Å². The van der Waals surface area contributed by atoms with Gasteiger partial charge in [0.2, 0.25) is 5.91 Å². The van der Waals surface area contributed by atoms with Gasteiger partial charge >= 0.3 is 0 Å². The minimum atomic E-state index is -0.163. The van der Waals surface area contributed by atoms with Gasteiger partial charge in [0.15, 0.2) is 0 Å². The number of amides is 1. The van der Waals surface area contributed by atoms with E-state index in [1.165, 1.54) is 17.3 Å². The van der Waals surface area contributed by atoms with E-state index in [4.69, 9.17) is 0 Å². The fourth-order valence-corrected chi connectivity index (χ4v) is 3.58. The summed E-state index contributed by atoms with van der Waals surface area (Å²) in [7, 11) is 0. The Hall–Kier alpha value is -2.17. The average molecular weight is 327 g/mol. The molecule has 0 aliphatic heterocycles. The maximum absolute atomic E-state index is 12.6. The van der Waals surface area contributed by atoms with Gasteiger partial charge in [0.25, 0.3) is 5.56 Å². The van der Waals surface area contributed by atoms with Gasteiger partial charge in [-0.3, -0.25) is 14.2 Å². The van der Waals surface area contributed by atoms with Crippen LogP contribution in [0.1, 0.15) is 38.7 Å². The molecule has 0 saturated heterocycles. The fourth-order valence-electron chi connectivity index (χ4n) is 3.58. The number of carbonyl (C=O) groups is 1. The number of aryl methyl sites for hydroxylation is 1. The van der Waals surface area contributed by atoms with Gasteiger partial charge in [0, 0.05) is 6.04 Å². The van der Waals surface area contributed by atoms with Gasteiger partial charge in [-0.15, -0.1) is 0 Å². The second-order valence-electron chi connectivity index (χ2n) is 7.14. The van der Waals surface area contributed by atoms with E-state index >= 15 is 0 Å². The van der Waals surface area contributed by atoms with Crippen LogP contribution in [-0.4, -0.2) is 21.5 Å². The summed E-state index contributed by atoms with van der Waals surface area (Å²) in [6.45, 7) is 6.40. The van der Waals surface area contributed by atoms with Crippen molar-refractivity contribution in [2.24, 2.45) is 11.8 Å². The van der Waals surface area contributed by atoms with Crippen LogP contribution in [0, 0.1) is 18.8 Å². The Bertz CT molecular complexity index is 812. The van der Waals surface area contributed by atoms with Gasteiger partial charge in [-0.2, -0.15) is 0 Å². The van der Waals surface area contributed by atoms with Crippen LogP contribution >= 0.6 is 0 Å². The summed E-state index contributed by atoms with van der Waals surface area (Å²) in [5, 5.41) is 3.67. The van der Waals surface area contributed by atoms with Crippen LogP contribution in [0.15, 0.2) is 29.3 Å². The van der Waals surface area contributed by atoms with Crippen molar-refractivity contribution in [3.05, 3.63) is 40.4 Å². The Balaban J connectivity index is 1.76. The molecule has 5 heteroatoms. The Labute approximate surface area is 142 Å². The quantitative estimate of drug-likeness (QED) is 0.942. The van der Waals surface area contributed by atoms with Crippen LogP contribution in [-0.2, 0) is 11.3 Å². The molecule has 24 heavy (non-hydrogen) atoms. The highest BCUT2D eigenvalue weighted by molar-refractivity contribution is 5.79. The lowest BCUT2D eigenvalue weighted by Gasteiger charge is -2.34. The molecule has 1 aromatic carbocycles. The first-order valence-corrected chi connectivity index (χ1v) is 8.71. The molecule has 3 unspecified atom stereocenters. The van der Waals surface area contributed by atoms with Crippen LogP contribution in [0.5, 0.6) is 0 Å². The summed E-state index contributed by atoms with van der Waals surface area (Å²) in [6, 6.07) is 5.79. The normalized spacial score (nSPS) is 24.0. The Kier molecular flexibility index (Phi) is 4.69. The first kappa shape index (κ1) is 16.7. The van der Waals surface area contributed by atoms with Gasteiger partial charge in [0.05, 0.1) is 17.2 Å². The molecule has 5 nitrogen and oxygen atoms in total. The molecule has 0 spiro atoms. The molecule has 3 rings (SSSR count). The van der Waals surface area contributed by atoms with E-state index in [9.17, 15) is 9.59 Å². The lowest BCUT2D eigenvalue weighted by atomic mass is 9.78. The van der Waals surface area contributed by atoms with E-state index in [-0.39, 0.29) is 24.1 Å². The van der Waals surface area contributed by atoms with Gasteiger partial charge < -0.3 is 5.32 Å². The molecule has 1 N–H and O–H groups in total. The maximum Gasteiger partial charge on any atom is 0.261 e. The van der Waals surface area contributed by atoms with Crippen molar-refractivity contribution in [2.75, 3.05) is 0 Å². The van der Waals surface area contributed by atoms with Crippen LogP contribution in [0.4, 0.5) is 0 Å². The molecule has 128 valence electrons. The van der Waals surface area contributed by atoms with E-state index in [1.54, 1.807) is 0 Å². The van der Waals surface area contributed by atoms with Crippen molar-refractivity contribution in [3.8, 4) is 0 Å². The number of carbonyl (C=O) groups excluding carboxylic acids is 1. The number of fused-ring (bicyclic) bond motifs is 1. The number of nitrogens with zero attached hydrogens (tertiary/aromatic N) is 2. The molecule has 1 aromatic heterocycles. The third kappa shape index (κ3) is 3.35. The first-order valence-electron chi connectivity index (χ1n) is 8.71.